The van der Waals surface area contributed by atoms with Crippen LogP contribution in [0, 0.1) is 6.92 Å². The van der Waals surface area contributed by atoms with Crippen molar-refractivity contribution in [2.45, 2.75) is 78.2 Å². The molecule has 0 bridgehead atoms. The largest absolute Gasteiger partial charge is 0.478 e. The SMILES string of the molecule is Cc1c(N(c2ccc(C(=O)O)cn2)C(C)C)sc2c1C(C)(C)CCC2(C)C. The van der Waals surface area contributed by atoms with Gasteiger partial charge in [0.05, 0.1) is 5.56 Å². The Labute approximate surface area is 166 Å². The number of nitrogens with zero attached hydrogens (tertiary/aromatic N) is 2. The van der Waals surface area contributed by atoms with Gasteiger partial charge in [0.15, 0.2) is 0 Å². The van der Waals surface area contributed by atoms with Crippen molar-refractivity contribution in [3.05, 3.63) is 39.9 Å². The summed E-state index contributed by atoms with van der Waals surface area (Å²) in [5.74, 6) is -0.149. The number of hydrogen-bond donors (Lipinski definition) is 1. The average molecular weight is 387 g/mol. The Morgan fingerprint density at radius 1 is 1.19 bits per heavy atom. The first-order valence-corrected chi connectivity index (χ1v) is 10.4. The van der Waals surface area contributed by atoms with E-state index in [1.807, 2.05) is 17.4 Å². The van der Waals surface area contributed by atoms with E-state index in [9.17, 15) is 4.79 Å². The Balaban J connectivity index is 2.15. The molecular formula is C22H30N2O2S. The van der Waals surface area contributed by atoms with Crippen LogP contribution in [0.1, 0.15) is 80.7 Å². The number of hydrogen-bond acceptors (Lipinski definition) is 4. The van der Waals surface area contributed by atoms with Gasteiger partial charge < -0.3 is 10.0 Å². The van der Waals surface area contributed by atoms with Gasteiger partial charge in [-0.05, 0) is 67.7 Å². The van der Waals surface area contributed by atoms with E-state index in [0.717, 1.165) is 5.82 Å². The maximum atomic E-state index is 11.2. The minimum atomic E-state index is -0.948. The Morgan fingerprint density at radius 3 is 2.30 bits per heavy atom. The number of carbonyl (C=O) groups is 1. The molecule has 1 aliphatic carbocycles. The molecule has 0 unspecified atom stereocenters. The topological polar surface area (TPSA) is 53.4 Å². The second kappa shape index (κ2) is 6.62. The van der Waals surface area contributed by atoms with Crippen molar-refractivity contribution in [3.8, 4) is 0 Å². The predicted molar refractivity (Wildman–Crippen MR) is 113 cm³/mol. The van der Waals surface area contributed by atoms with E-state index in [1.165, 1.54) is 40.0 Å². The van der Waals surface area contributed by atoms with Crippen molar-refractivity contribution in [1.29, 1.82) is 0 Å². The van der Waals surface area contributed by atoms with Crippen molar-refractivity contribution >= 4 is 28.1 Å². The minimum absolute atomic E-state index is 0.174. The molecule has 3 rings (SSSR count). The highest BCUT2D eigenvalue weighted by atomic mass is 32.1. The third kappa shape index (κ3) is 3.38. The lowest BCUT2D eigenvalue weighted by molar-refractivity contribution is 0.0696. The van der Waals surface area contributed by atoms with Crippen LogP contribution in [0.4, 0.5) is 10.8 Å². The Hall–Kier alpha value is -1.88. The molecule has 146 valence electrons. The number of carboxylic acids is 1. The van der Waals surface area contributed by atoms with Gasteiger partial charge in [-0.25, -0.2) is 9.78 Å². The van der Waals surface area contributed by atoms with Gasteiger partial charge in [0.1, 0.15) is 10.8 Å². The molecule has 0 saturated heterocycles. The first kappa shape index (κ1) is 19.9. The van der Waals surface area contributed by atoms with Crippen molar-refractivity contribution in [1.82, 2.24) is 4.98 Å². The van der Waals surface area contributed by atoms with Crippen LogP contribution >= 0.6 is 11.3 Å². The fourth-order valence-corrected chi connectivity index (χ4v) is 5.91. The molecule has 27 heavy (non-hydrogen) atoms. The summed E-state index contributed by atoms with van der Waals surface area (Å²) in [6, 6.07) is 3.67. The monoisotopic (exact) mass is 386 g/mol. The highest BCUT2D eigenvalue weighted by molar-refractivity contribution is 7.16. The first-order chi connectivity index (χ1) is 12.5. The molecule has 0 saturated carbocycles. The van der Waals surface area contributed by atoms with Crippen LogP contribution < -0.4 is 4.90 Å². The zero-order chi connectivity index (χ0) is 20.1. The van der Waals surface area contributed by atoms with Gasteiger partial charge in [0.2, 0.25) is 0 Å². The number of aromatic nitrogens is 1. The lowest BCUT2D eigenvalue weighted by Crippen LogP contribution is -2.32. The fraction of sp³-hybridized carbons (Fsp3) is 0.545. The van der Waals surface area contributed by atoms with Crippen LogP contribution in [0.25, 0.3) is 0 Å². The van der Waals surface area contributed by atoms with Gasteiger partial charge in [0, 0.05) is 17.1 Å². The molecule has 0 amide bonds. The normalized spacial score (nSPS) is 17.6. The van der Waals surface area contributed by atoms with Gasteiger partial charge in [-0.3, -0.25) is 0 Å². The lowest BCUT2D eigenvalue weighted by atomic mass is 9.66. The number of anilines is 2. The van der Waals surface area contributed by atoms with Gasteiger partial charge >= 0.3 is 5.97 Å². The molecule has 0 spiro atoms. The number of aromatic carboxylic acids is 1. The summed E-state index contributed by atoms with van der Waals surface area (Å²) in [6.07, 6.45) is 3.83. The van der Waals surface area contributed by atoms with Crippen molar-refractivity contribution < 1.29 is 9.90 Å². The number of pyridine rings is 1. The number of thiophene rings is 1. The van der Waals surface area contributed by atoms with E-state index in [4.69, 9.17) is 5.11 Å². The van der Waals surface area contributed by atoms with E-state index < -0.39 is 5.97 Å². The van der Waals surface area contributed by atoms with Crippen LogP contribution in [-0.2, 0) is 10.8 Å². The zero-order valence-electron chi connectivity index (χ0n) is 17.4. The average Bonchev–Trinajstić information content (AvgIpc) is 2.92. The van der Waals surface area contributed by atoms with Crippen molar-refractivity contribution in [3.63, 3.8) is 0 Å². The molecular weight excluding hydrogens is 356 g/mol. The molecule has 0 fully saturated rings. The summed E-state index contributed by atoms with van der Waals surface area (Å²) in [5.41, 5.74) is 3.40. The van der Waals surface area contributed by atoms with Gasteiger partial charge in [-0.15, -0.1) is 11.3 Å². The summed E-state index contributed by atoms with van der Waals surface area (Å²) in [4.78, 5) is 19.4. The number of fused-ring (bicyclic) bond motifs is 1. The quantitative estimate of drug-likeness (QED) is 0.695. The maximum absolute atomic E-state index is 11.2. The molecule has 1 aliphatic rings. The molecule has 2 heterocycles. The Bertz CT molecular complexity index is 863. The van der Waals surface area contributed by atoms with Crippen LogP contribution in [0.2, 0.25) is 0 Å². The number of carboxylic acid groups (broad SMARTS) is 1. The van der Waals surface area contributed by atoms with Crippen LogP contribution in [-0.4, -0.2) is 22.1 Å². The lowest BCUT2D eigenvalue weighted by Gasteiger charge is -2.39. The fourth-order valence-electron chi connectivity index (χ4n) is 4.14. The van der Waals surface area contributed by atoms with Crippen LogP contribution in [0.5, 0.6) is 0 Å². The molecule has 1 N–H and O–H groups in total. The molecule has 0 aliphatic heterocycles. The highest BCUT2D eigenvalue weighted by Gasteiger charge is 2.41. The third-order valence-corrected chi connectivity index (χ3v) is 7.42. The first-order valence-electron chi connectivity index (χ1n) is 9.58. The smallest absolute Gasteiger partial charge is 0.337 e. The van der Waals surface area contributed by atoms with E-state index in [-0.39, 0.29) is 22.4 Å². The summed E-state index contributed by atoms with van der Waals surface area (Å²) in [5, 5.41) is 10.4. The molecule has 0 aromatic carbocycles. The predicted octanol–water partition coefficient (Wildman–Crippen LogP) is 6.05. The molecule has 2 aromatic rings. The number of rotatable bonds is 4. The van der Waals surface area contributed by atoms with Gasteiger partial charge in [-0.1, -0.05) is 27.7 Å². The molecule has 0 atom stereocenters. The Morgan fingerprint density at radius 2 is 1.81 bits per heavy atom. The van der Waals surface area contributed by atoms with Crippen LogP contribution in [0.15, 0.2) is 18.3 Å². The second-order valence-corrected chi connectivity index (χ2v) is 10.2. The summed E-state index contributed by atoms with van der Waals surface area (Å²) < 4.78 is 0. The van der Waals surface area contributed by atoms with Crippen molar-refractivity contribution in [2.75, 3.05) is 4.90 Å². The minimum Gasteiger partial charge on any atom is -0.478 e. The van der Waals surface area contributed by atoms with Gasteiger partial charge in [-0.2, -0.15) is 0 Å². The summed E-state index contributed by atoms with van der Waals surface area (Å²) >= 11 is 1.88. The van der Waals surface area contributed by atoms with Crippen LogP contribution in [0.3, 0.4) is 0 Å². The van der Waals surface area contributed by atoms with Gasteiger partial charge in [0.25, 0.3) is 0 Å². The van der Waals surface area contributed by atoms with Crippen molar-refractivity contribution in [2.24, 2.45) is 0 Å². The third-order valence-electron chi connectivity index (χ3n) is 5.76. The zero-order valence-corrected chi connectivity index (χ0v) is 18.2. The molecule has 4 nitrogen and oxygen atoms in total. The standard InChI is InChI=1S/C22H30N2O2S/c1-13(2)24(16-9-8-15(12-23-16)20(25)26)19-14(3)17-18(27-19)22(6,7)11-10-21(17,4)5/h8-9,12-13H,10-11H2,1-7H3,(H,25,26). The molecule has 2 aromatic heterocycles. The van der Waals surface area contributed by atoms with E-state index in [2.05, 4.69) is 58.4 Å². The molecule has 5 heteroatoms. The summed E-state index contributed by atoms with van der Waals surface area (Å²) in [7, 11) is 0. The Kier molecular flexibility index (Phi) is 4.87. The van der Waals surface area contributed by atoms with E-state index >= 15 is 0 Å². The highest BCUT2D eigenvalue weighted by Crippen LogP contribution is 2.54. The second-order valence-electron chi connectivity index (χ2n) is 9.18. The maximum Gasteiger partial charge on any atom is 0.337 e. The summed E-state index contributed by atoms with van der Waals surface area (Å²) in [6.45, 7) is 15.9. The van der Waals surface area contributed by atoms with E-state index in [1.54, 1.807) is 6.07 Å². The molecule has 0 radical (unpaired) electrons. The van der Waals surface area contributed by atoms with E-state index in [0.29, 0.717) is 0 Å².